The molecule has 1 N–H and O–H groups in total. The van der Waals surface area contributed by atoms with Crippen LogP contribution in [0.4, 0.5) is 0 Å². The lowest BCUT2D eigenvalue weighted by molar-refractivity contribution is -0.122. The molecule has 11 heavy (non-hydrogen) atoms. The van der Waals surface area contributed by atoms with E-state index >= 15 is 0 Å². The average molecular weight is 190 g/mol. The summed E-state index contributed by atoms with van der Waals surface area (Å²) in [5.74, 6) is 0.621. The molecule has 1 amide bonds. The predicted octanol–water partition coefficient (Wildman–Crippen LogP) is 0.332. The van der Waals surface area contributed by atoms with E-state index in [4.69, 9.17) is 0 Å². The van der Waals surface area contributed by atoms with E-state index in [0.29, 0.717) is 0 Å². The molecular weight excluding hydrogens is 182 g/mol. The van der Waals surface area contributed by atoms with Gasteiger partial charge in [0.05, 0.1) is 11.8 Å². The minimum Gasteiger partial charge on any atom is -0.345 e. The van der Waals surface area contributed by atoms with E-state index in [-0.39, 0.29) is 22.8 Å². The number of hydrogen-bond donors (Lipinski definition) is 1. The molecule has 1 fully saturated rings. The van der Waals surface area contributed by atoms with Crippen LogP contribution in [0.25, 0.3) is 0 Å². The van der Waals surface area contributed by atoms with E-state index in [0.717, 1.165) is 12.2 Å². The number of nitrogens with one attached hydrogen (secondary N) is 1. The fourth-order valence-electron chi connectivity index (χ4n) is 0.863. The van der Waals surface area contributed by atoms with Gasteiger partial charge in [-0.05, 0) is 6.42 Å². The van der Waals surface area contributed by atoms with Gasteiger partial charge in [0.2, 0.25) is 11.0 Å². The number of carbonyl (C=O) groups excluding carboxylic acids is 2. The summed E-state index contributed by atoms with van der Waals surface area (Å²) in [4.78, 5) is 21.7. The molecule has 1 atom stereocenters. The van der Waals surface area contributed by atoms with Gasteiger partial charge in [-0.2, -0.15) is 0 Å². The lowest BCUT2D eigenvalue weighted by Gasteiger charge is -2.07. The molecule has 0 aromatic heterocycles. The standard InChI is InChI=1S/C6H8NO2S2/c8-5(3-10)7-4-1-2-11-6(4)9/h4H,1-3H2,(H,7,8). The van der Waals surface area contributed by atoms with Gasteiger partial charge in [0, 0.05) is 5.75 Å². The maximum Gasteiger partial charge on any atom is 0.231 e. The highest BCUT2D eigenvalue weighted by Gasteiger charge is 2.26. The van der Waals surface area contributed by atoms with Gasteiger partial charge >= 0.3 is 0 Å². The van der Waals surface area contributed by atoms with Crippen LogP contribution >= 0.6 is 24.4 Å². The minimum absolute atomic E-state index is 0.0362. The van der Waals surface area contributed by atoms with Crippen molar-refractivity contribution in [1.29, 1.82) is 0 Å². The molecule has 5 heteroatoms. The Morgan fingerprint density at radius 3 is 3.00 bits per heavy atom. The Balaban J connectivity index is 2.36. The molecule has 1 aliphatic heterocycles. The number of carbonyl (C=O) groups is 2. The average Bonchev–Trinajstić information content (AvgIpc) is 2.37. The summed E-state index contributed by atoms with van der Waals surface area (Å²) in [5, 5.41) is 2.62. The molecule has 0 saturated carbocycles. The Bertz CT molecular complexity index is 183. The molecule has 1 aliphatic rings. The summed E-state index contributed by atoms with van der Waals surface area (Å²) < 4.78 is 0. The molecule has 1 rings (SSSR count). The maximum atomic E-state index is 10.9. The molecule has 0 spiro atoms. The van der Waals surface area contributed by atoms with Crippen LogP contribution in [-0.2, 0) is 9.59 Å². The van der Waals surface area contributed by atoms with Gasteiger partial charge in [-0.3, -0.25) is 9.59 Å². The lowest BCUT2D eigenvalue weighted by Crippen LogP contribution is -2.37. The van der Waals surface area contributed by atoms with E-state index in [2.05, 4.69) is 17.9 Å². The van der Waals surface area contributed by atoms with Crippen molar-refractivity contribution in [2.45, 2.75) is 12.5 Å². The summed E-state index contributed by atoms with van der Waals surface area (Å²) in [5.41, 5.74) is 0. The molecule has 3 nitrogen and oxygen atoms in total. The smallest absolute Gasteiger partial charge is 0.231 e. The zero-order chi connectivity index (χ0) is 8.27. The molecule has 0 aromatic carbocycles. The number of hydrogen-bond acceptors (Lipinski definition) is 3. The molecule has 61 valence electrons. The fourth-order valence-corrected chi connectivity index (χ4v) is 1.88. The Kier molecular flexibility index (Phi) is 3.26. The van der Waals surface area contributed by atoms with Crippen LogP contribution in [0.2, 0.25) is 0 Å². The summed E-state index contributed by atoms with van der Waals surface area (Å²) in [7, 11) is 0. The van der Waals surface area contributed by atoms with Gasteiger partial charge in [0.15, 0.2) is 0 Å². The van der Waals surface area contributed by atoms with Crippen molar-refractivity contribution in [2.75, 3.05) is 11.5 Å². The molecule has 1 unspecified atom stereocenters. The second-order valence-electron chi connectivity index (χ2n) is 2.22. The molecule has 0 bridgehead atoms. The van der Waals surface area contributed by atoms with Crippen molar-refractivity contribution >= 4 is 35.4 Å². The third kappa shape index (κ3) is 2.41. The maximum absolute atomic E-state index is 10.9. The van der Waals surface area contributed by atoms with Crippen molar-refractivity contribution in [3.05, 3.63) is 0 Å². The van der Waals surface area contributed by atoms with E-state index < -0.39 is 0 Å². The lowest BCUT2D eigenvalue weighted by atomic mass is 10.2. The third-order valence-corrected chi connectivity index (χ3v) is 2.67. The number of rotatable bonds is 2. The topological polar surface area (TPSA) is 46.2 Å². The van der Waals surface area contributed by atoms with Gasteiger partial charge in [-0.25, -0.2) is 0 Å². The molecule has 1 heterocycles. The first-order valence-corrected chi connectivity index (χ1v) is 4.84. The van der Waals surface area contributed by atoms with E-state index in [1.54, 1.807) is 0 Å². The van der Waals surface area contributed by atoms with Crippen LogP contribution < -0.4 is 5.32 Å². The highest BCUT2D eigenvalue weighted by atomic mass is 32.2. The summed E-state index contributed by atoms with van der Waals surface area (Å²) in [6.07, 6.45) is 0.741. The Labute approximate surface area is 74.7 Å². The Morgan fingerprint density at radius 2 is 2.55 bits per heavy atom. The van der Waals surface area contributed by atoms with Crippen LogP contribution in [0.5, 0.6) is 0 Å². The Hall–Kier alpha value is -0.160. The first-order valence-electron chi connectivity index (χ1n) is 3.28. The molecule has 1 saturated heterocycles. The quantitative estimate of drug-likeness (QED) is 0.682. The zero-order valence-electron chi connectivity index (χ0n) is 5.83. The predicted molar refractivity (Wildman–Crippen MR) is 46.5 cm³/mol. The van der Waals surface area contributed by atoms with E-state index in [1.807, 2.05) is 0 Å². The van der Waals surface area contributed by atoms with Crippen LogP contribution in [-0.4, -0.2) is 28.6 Å². The van der Waals surface area contributed by atoms with Crippen molar-refractivity contribution in [3.8, 4) is 0 Å². The van der Waals surface area contributed by atoms with Gasteiger partial charge in [-0.1, -0.05) is 24.4 Å². The van der Waals surface area contributed by atoms with Crippen LogP contribution in [0.15, 0.2) is 0 Å². The van der Waals surface area contributed by atoms with Crippen molar-refractivity contribution in [2.24, 2.45) is 0 Å². The second-order valence-corrected chi connectivity index (χ2v) is 3.61. The van der Waals surface area contributed by atoms with Gasteiger partial charge in [-0.15, -0.1) is 0 Å². The molecule has 0 aromatic rings. The zero-order valence-corrected chi connectivity index (χ0v) is 7.46. The van der Waals surface area contributed by atoms with Crippen molar-refractivity contribution < 1.29 is 9.59 Å². The monoisotopic (exact) mass is 190 g/mol. The van der Waals surface area contributed by atoms with E-state index in [9.17, 15) is 9.59 Å². The summed E-state index contributed by atoms with van der Waals surface area (Å²) >= 11 is 5.79. The normalized spacial score (nSPS) is 23.7. The highest BCUT2D eigenvalue weighted by Crippen LogP contribution is 2.19. The SMILES string of the molecule is O=C(C[S])NC1CCSC1=O. The first kappa shape index (κ1) is 8.93. The molecule has 0 aliphatic carbocycles. The van der Waals surface area contributed by atoms with Crippen LogP contribution in [0.3, 0.4) is 0 Å². The minimum atomic E-state index is -0.282. The van der Waals surface area contributed by atoms with Crippen molar-refractivity contribution in [3.63, 3.8) is 0 Å². The van der Waals surface area contributed by atoms with E-state index in [1.165, 1.54) is 11.8 Å². The van der Waals surface area contributed by atoms with Crippen LogP contribution in [0, 0.1) is 0 Å². The largest absolute Gasteiger partial charge is 0.345 e. The fraction of sp³-hybridized carbons (Fsp3) is 0.667. The molecule has 1 radical (unpaired) electrons. The van der Waals surface area contributed by atoms with Gasteiger partial charge in [0.25, 0.3) is 0 Å². The number of thioether (sulfide) groups is 1. The number of amides is 1. The van der Waals surface area contributed by atoms with Gasteiger partial charge in [0.1, 0.15) is 0 Å². The van der Waals surface area contributed by atoms with Crippen molar-refractivity contribution in [1.82, 2.24) is 5.32 Å². The van der Waals surface area contributed by atoms with Gasteiger partial charge < -0.3 is 5.32 Å². The second kappa shape index (κ2) is 4.01. The first-order chi connectivity index (χ1) is 5.24. The highest BCUT2D eigenvalue weighted by molar-refractivity contribution is 8.14. The third-order valence-electron chi connectivity index (χ3n) is 1.40. The molecular formula is C6H8NO2S2. The van der Waals surface area contributed by atoms with Crippen LogP contribution in [0.1, 0.15) is 6.42 Å². The summed E-state index contributed by atoms with van der Waals surface area (Å²) in [6, 6.07) is -0.282. The Morgan fingerprint density at radius 1 is 1.82 bits per heavy atom. The summed E-state index contributed by atoms with van der Waals surface area (Å²) in [6.45, 7) is 0.